The number of pyridine rings is 1. The van der Waals surface area contributed by atoms with Gasteiger partial charge in [0.1, 0.15) is 22.9 Å². The maximum Gasteiger partial charge on any atom is 0.229 e. The summed E-state index contributed by atoms with van der Waals surface area (Å²) in [6.07, 6.45) is 3.74. The van der Waals surface area contributed by atoms with Gasteiger partial charge in [0.2, 0.25) is 5.95 Å². The molecule has 10 heteroatoms. The average molecular weight is 505 g/mol. The highest BCUT2D eigenvalue weighted by atomic mass is 19.1. The van der Waals surface area contributed by atoms with Crippen LogP contribution in [0.4, 0.5) is 20.5 Å². The van der Waals surface area contributed by atoms with E-state index in [1.165, 1.54) is 6.07 Å². The highest BCUT2D eigenvalue weighted by molar-refractivity contribution is 5.83. The molecule has 2 aliphatic rings. The zero-order chi connectivity index (χ0) is 25.5. The molecular weight excluding hydrogens is 474 g/mol. The molecule has 0 amide bonds. The number of fused-ring (bicyclic) bond motifs is 3. The van der Waals surface area contributed by atoms with E-state index in [2.05, 4.69) is 48.9 Å². The molecule has 6 rings (SSSR count). The number of nitrogens with zero attached hydrogens (tertiary/aromatic N) is 7. The van der Waals surface area contributed by atoms with Crippen LogP contribution in [0.25, 0.3) is 22.3 Å². The van der Waals surface area contributed by atoms with Crippen LogP contribution in [0.1, 0.15) is 25.2 Å². The Morgan fingerprint density at radius 1 is 0.973 bits per heavy atom. The molecule has 1 N–H and O–H groups in total. The van der Waals surface area contributed by atoms with Crippen LogP contribution in [-0.2, 0) is 19.5 Å². The molecule has 1 unspecified atom stereocenters. The second-order valence-corrected chi connectivity index (χ2v) is 10.1. The summed E-state index contributed by atoms with van der Waals surface area (Å²) in [6, 6.07) is 6.94. The van der Waals surface area contributed by atoms with E-state index < -0.39 is 11.6 Å². The number of aromatic nitrogens is 5. The minimum atomic E-state index is -0.620. The van der Waals surface area contributed by atoms with Gasteiger partial charge in [-0.3, -0.25) is 4.90 Å². The van der Waals surface area contributed by atoms with Crippen LogP contribution in [-0.4, -0.2) is 67.0 Å². The molecule has 0 aliphatic carbocycles. The van der Waals surface area contributed by atoms with Crippen LogP contribution in [0.3, 0.4) is 0 Å². The molecule has 8 nitrogen and oxygen atoms in total. The van der Waals surface area contributed by atoms with Crippen molar-refractivity contribution in [1.82, 2.24) is 34.3 Å². The van der Waals surface area contributed by atoms with Gasteiger partial charge in [0.15, 0.2) is 11.6 Å². The van der Waals surface area contributed by atoms with Crippen molar-refractivity contribution in [3.63, 3.8) is 0 Å². The van der Waals surface area contributed by atoms with Crippen molar-refractivity contribution >= 4 is 22.8 Å². The van der Waals surface area contributed by atoms with E-state index >= 15 is 0 Å². The second kappa shape index (κ2) is 9.75. The largest absolute Gasteiger partial charge is 0.328 e. The van der Waals surface area contributed by atoms with Crippen molar-refractivity contribution in [2.24, 2.45) is 5.92 Å². The predicted molar refractivity (Wildman–Crippen MR) is 138 cm³/mol. The van der Waals surface area contributed by atoms with Gasteiger partial charge in [-0.1, -0.05) is 19.9 Å². The lowest BCUT2D eigenvalue weighted by Crippen LogP contribution is -2.45. The molecule has 1 atom stereocenters. The third kappa shape index (κ3) is 4.78. The Morgan fingerprint density at radius 2 is 1.78 bits per heavy atom. The summed E-state index contributed by atoms with van der Waals surface area (Å²) in [7, 11) is 0. The summed E-state index contributed by atoms with van der Waals surface area (Å²) in [5, 5.41) is 3.05. The van der Waals surface area contributed by atoms with Gasteiger partial charge in [-0.15, -0.1) is 0 Å². The molecule has 4 aromatic rings. The first kappa shape index (κ1) is 23.9. The average Bonchev–Trinajstić information content (AvgIpc) is 3.43. The fraction of sp³-hybridized carbons (Fsp3) is 0.407. The highest BCUT2D eigenvalue weighted by Crippen LogP contribution is 2.32. The number of halogens is 2. The van der Waals surface area contributed by atoms with E-state index in [-0.39, 0.29) is 11.6 Å². The lowest BCUT2D eigenvalue weighted by molar-refractivity contribution is 0.132. The molecule has 192 valence electrons. The van der Waals surface area contributed by atoms with E-state index in [1.54, 1.807) is 6.07 Å². The third-order valence-electron chi connectivity index (χ3n) is 7.31. The van der Waals surface area contributed by atoms with E-state index in [4.69, 9.17) is 0 Å². The standard InChI is InChI=1S/C27H30F2N8/c1-3-35-6-8-36(9-7-35)16-18-4-5-23(30-13-18)32-27-31-14-21(29)25(34-27)19-11-20(28)26-22(12-19)37-15-17(2)10-24(37)33-26/h4-5,11-14,17H,3,6-10,15-16H2,1-2H3,(H,30,31,32,34). The van der Waals surface area contributed by atoms with Gasteiger partial charge in [0.05, 0.1) is 11.7 Å². The summed E-state index contributed by atoms with van der Waals surface area (Å²) < 4.78 is 31.7. The van der Waals surface area contributed by atoms with Crippen LogP contribution in [0.2, 0.25) is 0 Å². The van der Waals surface area contributed by atoms with Gasteiger partial charge < -0.3 is 14.8 Å². The third-order valence-corrected chi connectivity index (χ3v) is 7.31. The number of imidazole rings is 1. The van der Waals surface area contributed by atoms with E-state index in [9.17, 15) is 8.78 Å². The molecule has 0 bridgehead atoms. The predicted octanol–water partition coefficient (Wildman–Crippen LogP) is 4.24. The van der Waals surface area contributed by atoms with Gasteiger partial charge in [0, 0.05) is 57.4 Å². The Labute approximate surface area is 214 Å². The molecule has 37 heavy (non-hydrogen) atoms. The molecule has 3 aromatic heterocycles. The molecule has 0 spiro atoms. The first-order valence-corrected chi connectivity index (χ1v) is 12.8. The molecule has 1 saturated heterocycles. The van der Waals surface area contributed by atoms with E-state index in [0.717, 1.165) is 69.8 Å². The van der Waals surface area contributed by atoms with Crippen molar-refractivity contribution in [2.45, 2.75) is 33.4 Å². The van der Waals surface area contributed by atoms with Crippen molar-refractivity contribution in [1.29, 1.82) is 0 Å². The smallest absolute Gasteiger partial charge is 0.229 e. The minimum absolute atomic E-state index is 0.0303. The Hall–Kier alpha value is -3.50. The molecular formula is C27H30F2N8. The summed E-state index contributed by atoms with van der Waals surface area (Å²) in [5.74, 6) is 0.951. The van der Waals surface area contributed by atoms with Crippen LogP contribution >= 0.6 is 0 Å². The summed E-state index contributed by atoms with van der Waals surface area (Å²) in [5.41, 5.74) is 2.48. The lowest BCUT2D eigenvalue weighted by Gasteiger charge is -2.33. The normalized spacial score (nSPS) is 18.4. The number of hydrogen-bond acceptors (Lipinski definition) is 7. The number of rotatable bonds is 6. The van der Waals surface area contributed by atoms with Gasteiger partial charge in [0.25, 0.3) is 0 Å². The fourth-order valence-electron chi connectivity index (χ4n) is 5.27. The Balaban J connectivity index is 1.20. The van der Waals surface area contributed by atoms with Crippen molar-refractivity contribution in [3.8, 4) is 11.3 Å². The highest BCUT2D eigenvalue weighted by Gasteiger charge is 2.24. The fourth-order valence-corrected chi connectivity index (χ4v) is 5.27. The topological polar surface area (TPSA) is 75.0 Å². The van der Waals surface area contributed by atoms with Gasteiger partial charge in [-0.05, 0) is 36.2 Å². The SMILES string of the molecule is CCN1CCN(Cc2ccc(Nc3ncc(F)c(-c4cc(F)c5nc6n(c5c4)CC(C)C6)n3)nc2)CC1. The van der Waals surface area contributed by atoms with Crippen LogP contribution < -0.4 is 5.32 Å². The molecule has 1 fully saturated rings. The van der Waals surface area contributed by atoms with Crippen LogP contribution in [0.5, 0.6) is 0 Å². The molecule has 5 heterocycles. The number of benzene rings is 1. The van der Waals surface area contributed by atoms with E-state index in [1.807, 2.05) is 22.9 Å². The summed E-state index contributed by atoms with van der Waals surface area (Å²) in [4.78, 5) is 22.3. The lowest BCUT2D eigenvalue weighted by atomic mass is 10.1. The van der Waals surface area contributed by atoms with Crippen molar-refractivity contribution < 1.29 is 8.78 Å². The van der Waals surface area contributed by atoms with Gasteiger partial charge >= 0.3 is 0 Å². The first-order valence-electron chi connectivity index (χ1n) is 12.8. The number of anilines is 2. The quantitative estimate of drug-likeness (QED) is 0.421. The molecule has 2 aliphatic heterocycles. The summed E-state index contributed by atoms with van der Waals surface area (Å²) >= 11 is 0. The Bertz CT molecular complexity index is 1430. The van der Waals surface area contributed by atoms with Crippen molar-refractivity contribution in [2.75, 3.05) is 38.0 Å². The number of hydrogen-bond donors (Lipinski definition) is 1. The number of piperazine rings is 1. The first-order chi connectivity index (χ1) is 18.0. The molecule has 0 radical (unpaired) electrons. The molecule has 1 aromatic carbocycles. The monoisotopic (exact) mass is 504 g/mol. The maximum absolute atomic E-state index is 14.9. The van der Waals surface area contributed by atoms with Crippen LogP contribution in [0, 0.1) is 17.6 Å². The zero-order valence-corrected chi connectivity index (χ0v) is 21.1. The van der Waals surface area contributed by atoms with Crippen LogP contribution in [0.15, 0.2) is 36.7 Å². The van der Waals surface area contributed by atoms with E-state index in [0.29, 0.717) is 28.3 Å². The second-order valence-electron chi connectivity index (χ2n) is 10.1. The van der Waals surface area contributed by atoms with Gasteiger partial charge in [-0.25, -0.2) is 28.7 Å². The maximum atomic E-state index is 14.9. The Kier molecular flexibility index (Phi) is 6.29. The zero-order valence-electron chi connectivity index (χ0n) is 21.1. The minimum Gasteiger partial charge on any atom is -0.328 e. The Morgan fingerprint density at radius 3 is 2.54 bits per heavy atom. The van der Waals surface area contributed by atoms with Crippen molar-refractivity contribution in [3.05, 3.63) is 59.7 Å². The number of likely N-dealkylation sites (N-methyl/N-ethyl adjacent to an activating group) is 1. The number of nitrogens with one attached hydrogen (secondary N) is 1. The molecule has 0 saturated carbocycles. The van der Waals surface area contributed by atoms with Gasteiger partial charge in [-0.2, -0.15) is 0 Å². The summed E-state index contributed by atoms with van der Waals surface area (Å²) in [6.45, 7) is 11.3.